The van der Waals surface area contributed by atoms with Gasteiger partial charge < -0.3 is 5.32 Å². The van der Waals surface area contributed by atoms with Gasteiger partial charge in [-0.3, -0.25) is 4.98 Å². The smallest absolute Gasteiger partial charge is 0.0375 e. The Bertz CT molecular complexity index is 307. The minimum atomic E-state index is 0.481. The van der Waals surface area contributed by atoms with Crippen molar-refractivity contribution in [3.05, 3.63) is 29.6 Å². The molecule has 0 saturated carbocycles. The summed E-state index contributed by atoms with van der Waals surface area (Å²) in [5, 5.41) is 3.55. The van der Waals surface area contributed by atoms with Crippen LogP contribution < -0.4 is 5.32 Å². The summed E-state index contributed by atoms with van der Waals surface area (Å²) in [6.07, 6.45) is 4.37. The number of aryl methyl sites for hydroxylation is 1. The minimum Gasteiger partial charge on any atom is -0.310 e. The van der Waals surface area contributed by atoms with Crippen molar-refractivity contribution in [2.24, 2.45) is 5.92 Å². The maximum absolute atomic E-state index is 4.25. The third-order valence-electron chi connectivity index (χ3n) is 2.81. The first-order chi connectivity index (χ1) is 7.63. The van der Waals surface area contributed by atoms with E-state index >= 15 is 0 Å². The van der Waals surface area contributed by atoms with Gasteiger partial charge in [0.1, 0.15) is 0 Å². The number of hydrogen-bond donors (Lipinski definition) is 1. The first-order valence-electron chi connectivity index (χ1n) is 6.29. The van der Waals surface area contributed by atoms with Crippen LogP contribution in [0.5, 0.6) is 0 Å². The Morgan fingerprint density at radius 2 is 2.06 bits per heavy atom. The number of pyridine rings is 1. The molecule has 1 aromatic heterocycles. The van der Waals surface area contributed by atoms with Gasteiger partial charge in [0, 0.05) is 17.9 Å². The Labute approximate surface area is 99.5 Å². The molecule has 1 unspecified atom stereocenters. The second-order valence-corrected chi connectivity index (χ2v) is 4.81. The van der Waals surface area contributed by atoms with Crippen molar-refractivity contribution in [1.29, 1.82) is 0 Å². The van der Waals surface area contributed by atoms with Gasteiger partial charge in [-0.05, 0) is 49.9 Å². The summed E-state index contributed by atoms with van der Waals surface area (Å²) in [6.45, 7) is 9.79. The fourth-order valence-electron chi connectivity index (χ4n) is 1.92. The van der Waals surface area contributed by atoms with E-state index in [1.165, 1.54) is 18.4 Å². The fraction of sp³-hybridized carbons (Fsp3) is 0.643. The average Bonchev–Trinajstić information content (AvgIpc) is 2.24. The summed E-state index contributed by atoms with van der Waals surface area (Å²) < 4.78 is 0. The molecule has 0 bridgehead atoms. The van der Waals surface area contributed by atoms with Gasteiger partial charge in [-0.1, -0.05) is 20.8 Å². The van der Waals surface area contributed by atoms with E-state index in [1.54, 1.807) is 0 Å². The quantitative estimate of drug-likeness (QED) is 0.794. The van der Waals surface area contributed by atoms with Gasteiger partial charge in [0.15, 0.2) is 0 Å². The van der Waals surface area contributed by atoms with E-state index in [4.69, 9.17) is 0 Å². The molecule has 1 rings (SSSR count). The molecular formula is C14H24N2. The zero-order valence-corrected chi connectivity index (χ0v) is 11.0. The lowest BCUT2D eigenvalue weighted by Crippen LogP contribution is -2.21. The second-order valence-electron chi connectivity index (χ2n) is 4.81. The number of nitrogens with one attached hydrogen (secondary N) is 1. The van der Waals surface area contributed by atoms with E-state index in [1.807, 2.05) is 6.20 Å². The Balaban J connectivity index is 2.68. The SMILES string of the molecule is CCNC(CCC(C)C)c1ccnc(C)c1. The molecule has 0 aromatic carbocycles. The molecule has 0 fully saturated rings. The van der Waals surface area contributed by atoms with Gasteiger partial charge in [-0.2, -0.15) is 0 Å². The van der Waals surface area contributed by atoms with Gasteiger partial charge in [0.05, 0.1) is 0 Å². The summed E-state index contributed by atoms with van der Waals surface area (Å²) in [6, 6.07) is 4.79. The van der Waals surface area contributed by atoms with E-state index in [-0.39, 0.29) is 0 Å². The van der Waals surface area contributed by atoms with Crippen LogP contribution in [0.15, 0.2) is 18.3 Å². The Morgan fingerprint density at radius 3 is 2.62 bits per heavy atom. The molecule has 1 aromatic rings. The standard InChI is InChI=1S/C14H24N2/c1-5-15-14(7-6-11(2)3)13-8-9-16-12(4)10-13/h8-11,14-15H,5-7H2,1-4H3. The number of rotatable bonds is 6. The zero-order chi connectivity index (χ0) is 12.0. The summed E-state index contributed by atoms with van der Waals surface area (Å²) in [4.78, 5) is 4.25. The summed E-state index contributed by atoms with van der Waals surface area (Å²) in [7, 11) is 0. The largest absolute Gasteiger partial charge is 0.310 e. The topological polar surface area (TPSA) is 24.9 Å². The highest BCUT2D eigenvalue weighted by atomic mass is 14.9. The van der Waals surface area contributed by atoms with Gasteiger partial charge in [-0.15, -0.1) is 0 Å². The minimum absolute atomic E-state index is 0.481. The molecule has 0 aliphatic heterocycles. The van der Waals surface area contributed by atoms with Crippen LogP contribution in [-0.4, -0.2) is 11.5 Å². The van der Waals surface area contributed by atoms with Gasteiger partial charge in [-0.25, -0.2) is 0 Å². The molecule has 0 aliphatic rings. The lowest BCUT2D eigenvalue weighted by Gasteiger charge is -2.19. The monoisotopic (exact) mass is 220 g/mol. The van der Waals surface area contributed by atoms with Gasteiger partial charge >= 0.3 is 0 Å². The van der Waals surface area contributed by atoms with Crippen LogP contribution in [0.2, 0.25) is 0 Å². The van der Waals surface area contributed by atoms with E-state index in [9.17, 15) is 0 Å². The predicted molar refractivity (Wildman–Crippen MR) is 69.5 cm³/mol. The molecule has 0 radical (unpaired) electrons. The summed E-state index contributed by atoms with van der Waals surface area (Å²) in [5.41, 5.74) is 2.47. The van der Waals surface area contributed by atoms with Crippen molar-refractivity contribution in [1.82, 2.24) is 10.3 Å². The number of hydrogen-bond acceptors (Lipinski definition) is 2. The van der Waals surface area contributed by atoms with Crippen LogP contribution in [-0.2, 0) is 0 Å². The van der Waals surface area contributed by atoms with Crippen LogP contribution >= 0.6 is 0 Å². The highest BCUT2D eigenvalue weighted by molar-refractivity contribution is 5.19. The summed E-state index contributed by atoms with van der Waals surface area (Å²) >= 11 is 0. The van der Waals surface area contributed by atoms with E-state index in [2.05, 4.69) is 50.1 Å². The van der Waals surface area contributed by atoms with Crippen molar-refractivity contribution < 1.29 is 0 Å². The van der Waals surface area contributed by atoms with Crippen molar-refractivity contribution in [2.45, 2.75) is 46.6 Å². The van der Waals surface area contributed by atoms with Crippen molar-refractivity contribution in [3.63, 3.8) is 0 Å². The second kappa shape index (κ2) is 6.64. The highest BCUT2D eigenvalue weighted by Gasteiger charge is 2.10. The average molecular weight is 220 g/mol. The number of nitrogens with zero attached hydrogens (tertiary/aromatic N) is 1. The maximum atomic E-state index is 4.25. The summed E-state index contributed by atoms with van der Waals surface area (Å²) in [5.74, 6) is 0.768. The van der Waals surface area contributed by atoms with Crippen molar-refractivity contribution in [2.75, 3.05) is 6.54 Å². The normalized spacial score (nSPS) is 13.1. The predicted octanol–water partition coefficient (Wildman–Crippen LogP) is 3.48. The molecule has 1 N–H and O–H groups in total. The number of aromatic nitrogens is 1. The lowest BCUT2D eigenvalue weighted by atomic mass is 9.98. The highest BCUT2D eigenvalue weighted by Crippen LogP contribution is 2.20. The maximum Gasteiger partial charge on any atom is 0.0375 e. The molecule has 90 valence electrons. The molecular weight excluding hydrogens is 196 g/mol. The molecule has 1 atom stereocenters. The van der Waals surface area contributed by atoms with Crippen LogP contribution in [0.25, 0.3) is 0 Å². The van der Waals surface area contributed by atoms with Crippen molar-refractivity contribution >= 4 is 0 Å². The molecule has 1 heterocycles. The van der Waals surface area contributed by atoms with Gasteiger partial charge in [0.25, 0.3) is 0 Å². The third-order valence-corrected chi connectivity index (χ3v) is 2.81. The molecule has 16 heavy (non-hydrogen) atoms. The van der Waals surface area contributed by atoms with E-state index in [0.29, 0.717) is 6.04 Å². The lowest BCUT2D eigenvalue weighted by molar-refractivity contribution is 0.448. The Morgan fingerprint density at radius 1 is 1.31 bits per heavy atom. The molecule has 0 saturated heterocycles. The van der Waals surface area contributed by atoms with Crippen LogP contribution in [0.3, 0.4) is 0 Å². The molecule has 0 amide bonds. The van der Waals surface area contributed by atoms with Crippen LogP contribution in [0.4, 0.5) is 0 Å². The zero-order valence-electron chi connectivity index (χ0n) is 11.0. The Hall–Kier alpha value is -0.890. The van der Waals surface area contributed by atoms with Crippen LogP contribution in [0, 0.1) is 12.8 Å². The molecule has 0 aliphatic carbocycles. The molecule has 2 heteroatoms. The third kappa shape index (κ3) is 4.31. The van der Waals surface area contributed by atoms with E-state index in [0.717, 1.165) is 18.2 Å². The van der Waals surface area contributed by atoms with Crippen molar-refractivity contribution in [3.8, 4) is 0 Å². The first kappa shape index (κ1) is 13.2. The van der Waals surface area contributed by atoms with E-state index < -0.39 is 0 Å². The van der Waals surface area contributed by atoms with Gasteiger partial charge in [0.2, 0.25) is 0 Å². The molecule has 2 nitrogen and oxygen atoms in total. The van der Waals surface area contributed by atoms with Crippen LogP contribution in [0.1, 0.15) is 50.9 Å². The fourth-order valence-corrected chi connectivity index (χ4v) is 1.92. The molecule has 0 spiro atoms. The first-order valence-corrected chi connectivity index (χ1v) is 6.29. The Kier molecular flexibility index (Phi) is 5.47.